The number of aromatic nitrogens is 3. The van der Waals surface area contributed by atoms with Gasteiger partial charge in [-0.25, -0.2) is 22.2 Å². The number of fused-ring (bicyclic) bond motifs is 1. The van der Waals surface area contributed by atoms with Crippen LogP contribution in [0.3, 0.4) is 0 Å². The Balaban J connectivity index is 1.48. The molecule has 2 aromatic carbocycles. The van der Waals surface area contributed by atoms with Crippen LogP contribution in [0.2, 0.25) is 0 Å². The molecule has 0 atom stereocenters. The minimum atomic E-state index is -3.65. The van der Waals surface area contributed by atoms with Crippen molar-refractivity contribution >= 4 is 32.9 Å². The van der Waals surface area contributed by atoms with Crippen LogP contribution in [0, 0.1) is 0 Å². The second-order valence-electron chi connectivity index (χ2n) is 9.22. The second kappa shape index (κ2) is 10.0. The summed E-state index contributed by atoms with van der Waals surface area (Å²) >= 11 is 0. The maximum absolute atomic E-state index is 13.0. The van der Waals surface area contributed by atoms with Crippen molar-refractivity contribution in [1.29, 1.82) is 0 Å². The fourth-order valence-corrected chi connectivity index (χ4v) is 5.52. The minimum absolute atomic E-state index is 0.217. The van der Waals surface area contributed by atoms with Gasteiger partial charge in [-0.3, -0.25) is 0 Å². The van der Waals surface area contributed by atoms with Gasteiger partial charge in [-0.15, -0.1) is 5.10 Å². The van der Waals surface area contributed by atoms with Crippen LogP contribution in [0.15, 0.2) is 65.7 Å². The molecule has 0 spiro atoms. The highest BCUT2D eigenvalue weighted by atomic mass is 32.2. The first-order chi connectivity index (χ1) is 17.8. The average molecular weight is 522 g/mol. The van der Waals surface area contributed by atoms with Crippen molar-refractivity contribution in [1.82, 2.24) is 23.8 Å². The fourth-order valence-electron chi connectivity index (χ4n) is 4.43. The predicted octanol–water partition coefficient (Wildman–Crippen LogP) is 3.15. The number of benzene rings is 2. The maximum Gasteiger partial charge on any atom is 0.245 e. The monoisotopic (exact) mass is 521 g/mol. The van der Waals surface area contributed by atoms with Gasteiger partial charge in [-0.2, -0.15) is 0 Å². The third-order valence-electron chi connectivity index (χ3n) is 6.62. The molecule has 0 amide bonds. The number of rotatable bonds is 7. The van der Waals surface area contributed by atoms with E-state index in [1.54, 1.807) is 36.0 Å². The summed E-state index contributed by atoms with van der Waals surface area (Å²) in [5.74, 6) is 1.05. The molecule has 194 valence electrons. The van der Waals surface area contributed by atoms with E-state index >= 15 is 0 Å². The topological polar surface area (TPSA) is 95.3 Å². The van der Waals surface area contributed by atoms with Crippen molar-refractivity contribution in [3.8, 4) is 17.0 Å². The molecular formula is C26H31N7O3S. The highest BCUT2D eigenvalue weighted by Gasteiger charge is 2.23. The number of anilines is 3. The molecule has 1 saturated heterocycles. The Morgan fingerprint density at radius 2 is 1.76 bits per heavy atom. The number of nitrogens with one attached hydrogen (secondary N) is 1. The summed E-state index contributed by atoms with van der Waals surface area (Å²) in [6.07, 6.45) is 1.70. The van der Waals surface area contributed by atoms with E-state index in [1.165, 1.54) is 18.4 Å². The van der Waals surface area contributed by atoms with Gasteiger partial charge >= 0.3 is 0 Å². The van der Waals surface area contributed by atoms with Crippen LogP contribution >= 0.6 is 0 Å². The van der Waals surface area contributed by atoms with Gasteiger partial charge in [0.15, 0.2) is 0 Å². The summed E-state index contributed by atoms with van der Waals surface area (Å²) in [5, 5.41) is 7.95. The lowest BCUT2D eigenvalue weighted by Crippen LogP contribution is -2.44. The van der Waals surface area contributed by atoms with Crippen molar-refractivity contribution in [2.24, 2.45) is 0 Å². The summed E-state index contributed by atoms with van der Waals surface area (Å²) in [7, 11) is 3.18. The predicted molar refractivity (Wildman–Crippen MR) is 145 cm³/mol. The van der Waals surface area contributed by atoms with Gasteiger partial charge in [-0.05, 0) is 37.4 Å². The lowest BCUT2D eigenvalue weighted by molar-refractivity contribution is 0.312. The highest BCUT2D eigenvalue weighted by Crippen LogP contribution is 2.33. The summed E-state index contributed by atoms with van der Waals surface area (Å²) in [5.41, 5.74) is 3.81. The van der Waals surface area contributed by atoms with Gasteiger partial charge in [0.25, 0.3) is 0 Å². The number of ether oxygens (including phenoxy) is 1. The average Bonchev–Trinajstić information content (AvgIpc) is 3.32. The molecule has 0 bridgehead atoms. The number of hydrogen-bond acceptors (Lipinski definition) is 8. The van der Waals surface area contributed by atoms with Crippen LogP contribution in [-0.4, -0.2) is 86.7 Å². The quantitative estimate of drug-likeness (QED) is 0.396. The Bertz CT molecular complexity index is 1530. The molecule has 0 radical (unpaired) electrons. The van der Waals surface area contributed by atoms with Crippen LogP contribution in [0.25, 0.3) is 16.8 Å². The number of hydrogen-bond donors (Lipinski definition) is 1. The third-order valence-corrected chi connectivity index (χ3v) is 8.49. The summed E-state index contributed by atoms with van der Waals surface area (Å²) in [4.78, 5) is 9.35. The van der Waals surface area contributed by atoms with Crippen LogP contribution in [0.1, 0.15) is 0 Å². The molecule has 0 unspecified atom stereocenters. The molecule has 1 fully saturated rings. The molecule has 11 heteroatoms. The smallest absolute Gasteiger partial charge is 0.245 e. The first-order valence-corrected chi connectivity index (χ1v) is 13.5. The lowest BCUT2D eigenvalue weighted by atomic mass is 10.1. The van der Waals surface area contributed by atoms with E-state index < -0.39 is 10.0 Å². The number of methoxy groups -OCH3 is 1. The minimum Gasteiger partial charge on any atom is -0.494 e. The van der Waals surface area contributed by atoms with Crippen LogP contribution < -0.4 is 15.0 Å². The van der Waals surface area contributed by atoms with Gasteiger partial charge in [-0.1, -0.05) is 18.2 Å². The van der Waals surface area contributed by atoms with Gasteiger partial charge < -0.3 is 19.9 Å². The summed E-state index contributed by atoms with van der Waals surface area (Å²) in [6.45, 7) is 3.98. The van der Waals surface area contributed by atoms with Crippen molar-refractivity contribution in [2.45, 2.75) is 4.90 Å². The first-order valence-electron chi connectivity index (χ1n) is 12.0. The van der Waals surface area contributed by atoms with E-state index in [0.717, 1.165) is 43.1 Å². The molecule has 1 N–H and O–H groups in total. The molecule has 3 heterocycles. The molecule has 0 saturated carbocycles. The summed E-state index contributed by atoms with van der Waals surface area (Å²) in [6, 6.07) is 16.7. The zero-order valence-corrected chi connectivity index (χ0v) is 22.2. The van der Waals surface area contributed by atoms with E-state index in [4.69, 9.17) is 4.74 Å². The highest BCUT2D eigenvalue weighted by molar-refractivity contribution is 7.89. The number of likely N-dealkylation sites (N-methyl/N-ethyl adjacent to an activating group) is 1. The second-order valence-corrected chi connectivity index (χ2v) is 11.3. The van der Waals surface area contributed by atoms with Crippen molar-refractivity contribution in [3.05, 3.63) is 60.8 Å². The molecule has 10 nitrogen and oxygen atoms in total. The normalized spacial score (nSPS) is 14.9. The third kappa shape index (κ3) is 4.85. The van der Waals surface area contributed by atoms with Crippen LogP contribution in [0.4, 0.5) is 17.3 Å². The Morgan fingerprint density at radius 3 is 2.49 bits per heavy atom. The largest absolute Gasteiger partial charge is 0.494 e. The molecule has 2 aromatic heterocycles. The maximum atomic E-state index is 13.0. The Morgan fingerprint density at radius 1 is 1.00 bits per heavy atom. The summed E-state index contributed by atoms with van der Waals surface area (Å²) < 4.78 is 34.5. The van der Waals surface area contributed by atoms with Gasteiger partial charge in [0, 0.05) is 57.6 Å². The van der Waals surface area contributed by atoms with E-state index in [9.17, 15) is 8.42 Å². The van der Waals surface area contributed by atoms with E-state index in [2.05, 4.69) is 38.3 Å². The number of nitrogens with zero attached hydrogens (tertiary/aromatic N) is 6. The van der Waals surface area contributed by atoms with Crippen molar-refractivity contribution in [3.63, 3.8) is 0 Å². The van der Waals surface area contributed by atoms with E-state index in [0.29, 0.717) is 23.0 Å². The molecule has 5 rings (SSSR count). The number of sulfonamides is 1. The van der Waals surface area contributed by atoms with Gasteiger partial charge in [0.2, 0.25) is 16.0 Å². The zero-order valence-electron chi connectivity index (χ0n) is 21.4. The van der Waals surface area contributed by atoms with Crippen LogP contribution in [-0.2, 0) is 10.0 Å². The molecule has 1 aliphatic rings. The van der Waals surface area contributed by atoms with Crippen LogP contribution in [0.5, 0.6) is 5.75 Å². The first kappa shape index (κ1) is 25.0. The number of piperazine rings is 1. The molecule has 37 heavy (non-hydrogen) atoms. The SMILES string of the molecule is COc1cc(N2CCN(C)CC2)ccc1Nc1ncc2ccc(-c3ccccc3S(=O)(=O)N(C)C)n2n1. The molecule has 0 aliphatic carbocycles. The molecule has 1 aliphatic heterocycles. The van der Waals surface area contributed by atoms with E-state index in [-0.39, 0.29) is 4.90 Å². The van der Waals surface area contributed by atoms with Gasteiger partial charge in [0.1, 0.15) is 5.75 Å². The zero-order chi connectivity index (χ0) is 26.2. The fraction of sp³-hybridized carbons (Fsp3) is 0.308. The Hall–Kier alpha value is -3.67. The standard InChI is InChI=1S/C26H31N7O3S/c1-30(2)37(34,35)25-8-6-5-7-21(25)23-12-10-20-18-27-26(29-33(20)23)28-22-11-9-19(17-24(22)36-4)32-15-13-31(3)14-16-32/h5-12,17-18H,13-16H2,1-4H3,(H,28,29). The Kier molecular flexibility index (Phi) is 6.76. The molecule has 4 aromatic rings. The van der Waals surface area contributed by atoms with E-state index in [1.807, 2.05) is 30.3 Å². The van der Waals surface area contributed by atoms with Gasteiger partial charge in [0.05, 0.1) is 35.1 Å². The van der Waals surface area contributed by atoms with Crippen molar-refractivity contribution < 1.29 is 13.2 Å². The Labute approximate surface area is 217 Å². The lowest BCUT2D eigenvalue weighted by Gasteiger charge is -2.34. The molecular weight excluding hydrogens is 490 g/mol. The van der Waals surface area contributed by atoms with Crippen molar-refractivity contribution in [2.75, 3.05) is 64.6 Å².